The molecule has 0 spiro atoms. The van der Waals surface area contributed by atoms with Crippen LogP contribution in [0.2, 0.25) is 0 Å². The van der Waals surface area contributed by atoms with Crippen LogP contribution in [0.1, 0.15) is 6.42 Å². The van der Waals surface area contributed by atoms with E-state index in [-0.39, 0.29) is 6.61 Å². The van der Waals surface area contributed by atoms with Crippen LogP contribution in [0.5, 0.6) is 0 Å². The number of hydrogen-bond acceptors (Lipinski definition) is 6. The summed E-state index contributed by atoms with van der Waals surface area (Å²) in [6, 6.07) is 0. The van der Waals surface area contributed by atoms with Crippen molar-refractivity contribution in [3.05, 3.63) is 6.20 Å². The highest BCUT2D eigenvalue weighted by Crippen LogP contribution is 2.17. The number of aromatic nitrogens is 4. The fraction of sp³-hybridized carbons (Fsp3) is 0.444. The van der Waals surface area contributed by atoms with E-state index in [0.29, 0.717) is 30.4 Å². The van der Waals surface area contributed by atoms with Gasteiger partial charge in [-0.05, 0) is 6.42 Å². The fourth-order valence-corrected chi connectivity index (χ4v) is 1.40. The van der Waals surface area contributed by atoms with Crippen molar-refractivity contribution in [1.29, 1.82) is 0 Å². The largest absolute Gasteiger partial charge is 0.396 e. The Morgan fingerprint density at radius 1 is 1.50 bits per heavy atom. The Morgan fingerprint density at radius 3 is 3.06 bits per heavy atom. The molecule has 0 aliphatic rings. The minimum Gasteiger partial charge on any atom is -0.396 e. The summed E-state index contributed by atoms with van der Waals surface area (Å²) in [7, 11) is 1.80. The Kier molecular flexibility index (Phi) is 2.86. The number of hydrogen-bond donors (Lipinski definition) is 3. The number of nitrogens with two attached hydrogens (primary N) is 1. The lowest BCUT2D eigenvalue weighted by molar-refractivity contribution is 0.292. The summed E-state index contributed by atoms with van der Waals surface area (Å²) in [5, 5.41) is 16.5. The molecule has 0 aliphatic heterocycles. The molecule has 86 valence electrons. The second-order valence-electron chi connectivity index (χ2n) is 3.44. The van der Waals surface area contributed by atoms with Crippen LogP contribution in [-0.4, -0.2) is 38.0 Å². The molecule has 0 atom stereocenters. The normalized spacial score (nSPS) is 10.9. The van der Waals surface area contributed by atoms with Crippen LogP contribution in [0, 0.1) is 0 Å². The molecular formula is C9H14N6O. The molecule has 0 bridgehead atoms. The summed E-state index contributed by atoms with van der Waals surface area (Å²) >= 11 is 0. The monoisotopic (exact) mass is 222 g/mol. The van der Waals surface area contributed by atoms with E-state index in [0.717, 1.165) is 5.39 Å². The summed E-state index contributed by atoms with van der Waals surface area (Å²) in [6.07, 6.45) is 2.29. The van der Waals surface area contributed by atoms with E-state index in [9.17, 15) is 0 Å². The molecule has 7 heteroatoms. The SMILES string of the molecule is Cn1ncc2c(N)nc(NCCCO)nc21. The Labute approximate surface area is 92.3 Å². The molecule has 16 heavy (non-hydrogen) atoms. The van der Waals surface area contributed by atoms with Gasteiger partial charge in [-0.25, -0.2) is 0 Å². The van der Waals surface area contributed by atoms with Gasteiger partial charge in [0.15, 0.2) is 5.65 Å². The number of nitrogen functional groups attached to an aromatic ring is 1. The third-order valence-corrected chi connectivity index (χ3v) is 2.24. The predicted octanol–water partition coefficient (Wildman–Crippen LogP) is -0.260. The number of rotatable bonds is 4. The maximum atomic E-state index is 8.66. The summed E-state index contributed by atoms with van der Waals surface area (Å²) in [5.41, 5.74) is 6.47. The molecule has 0 radical (unpaired) electrons. The molecule has 2 aromatic heterocycles. The van der Waals surface area contributed by atoms with Gasteiger partial charge < -0.3 is 16.2 Å². The standard InChI is InChI=1S/C9H14N6O/c1-15-8-6(5-12-15)7(10)13-9(14-8)11-3-2-4-16/h5,16H,2-4H2,1H3,(H3,10,11,13,14). The van der Waals surface area contributed by atoms with Gasteiger partial charge in [0.2, 0.25) is 5.95 Å². The molecule has 0 aliphatic carbocycles. The van der Waals surface area contributed by atoms with E-state index in [1.165, 1.54) is 0 Å². The first-order chi connectivity index (χ1) is 7.72. The number of anilines is 2. The number of aliphatic hydroxyl groups excluding tert-OH is 1. The number of aliphatic hydroxyl groups is 1. The topological polar surface area (TPSA) is 102 Å². The maximum Gasteiger partial charge on any atom is 0.226 e. The number of nitrogens with zero attached hydrogens (tertiary/aromatic N) is 4. The quantitative estimate of drug-likeness (QED) is 0.616. The van der Waals surface area contributed by atoms with Gasteiger partial charge in [-0.15, -0.1) is 0 Å². The van der Waals surface area contributed by atoms with E-state index in [1.807, 2.05) is 0 Å². The van der Waals surface area contributed by atoms with Gasteiger partial charge in [0.05, 0.1) is 11.6 Å². The zero-order valence-corrected chi connectivity index (χ0v) is 9.01. The lowest BCUT2D eigenvalue weighted by Crippen LogP contribution is -2.09. The van der Waals surface area contributed by atoms with Crippen molar-refractivity contribution in [2.75, 3.05) is 24.2 Å². The van der Waals surface area contributed by atoms with Crippen molar-refractivity contribution in [2.24, 2.45) is 7.05 Å². The van der Waals surface area contributed by atoms with E-state index in [1.54, 1.807) is 17.9 Å². The Bertz CT molecular complexity index is 494. The van der Waals surface area contributed by atoms with Gasteiger partial charge in [-0.3, -0.25) is 4.68 Å². The van der Waals surface area contributed by atoms with Gasteiger partial charge in [0.25, 0.3) is 0 Å². The summed E-state index contributed by atoms with van der Waals surface area (Å²) in [5.74, 6) is 0.867. The predicted molar refractivity (Wildman–Crippen MR) is 60.9 cm³/mol. The zero-order valence-electron chi connectivity index (χ0n) is 9.01. The van der Waals surface area contributed by atoms with Crippen molar-refractivity contribution in [3.8, 4) is 0 Å². The van der Waals surface area contributed by atoms with E-state index in [4.69, 9.17) is 10.8 Å². The minimum atomic E-state index is 0.135. The molecule has 2 aromatic rings. The first-order valence-electron chi connectivity index (χ1n) is 5.02. The number of aryl methyl sites for hydroxylation is 1. The highest BCUT2D eigenvalue weighted by atomic mass is 16.3. The molecule has 2 rings (SSSR count). The highest BCUT2D eigenvalue weighted by molar-refractivity contribution is 5.86. The summed E-state index contributed by atoms with van der Waals surface area (Å²) in [6.45, 7) is 0.746. The number of fused-ring (bicyclic) bond motifs is 1. The summed E-state index contributed by atoms with van der Waals surface area (Å²) < 4.78 is 1.64. The molecular weight excluding hydrogens is 208 g/mol. The molecule has 0 amide bonds. The van der Waals surface area contributed by atoms with Crippen LogP contribution in [0.3, 0.4) is 0 Å². The minimum absolute atomic E-state index is 0.135. The van der Waals surface area contributed by atoms with Crippen LogP contribution >= 0.6 is 0 Å². The van der Waals surface area contributed by atoms with Gasteiger partial charge in [-0.2, -0.15) is 15.1 Å². The average Bonchev–Trinajstić information content (AvgIpc) is 2.62. The number of nitrogens with one attached hydrogen (secondary N) is 1. The Balaban J connectivity index is 2.29. The van der Waals surface area contributed by atoms with Gasteiger partial charge in [0.1, 0.15) is 5.82 Å². The lowest BCUT2D eigenvalue weighted by Gasteiger charge is -2.05. The molecule has 0 unspecified atom stereocenters. The van der Waals surface area contributed by atoms with Crippen LogP contribution in [0.4, 0.5) is 11.8 Å². The summed E-state index contributed by atoms with van der Waals surface area (Å²) in [4.78, 5) is 8.39. The van der Waals surface area contributed by atoms with Crippen molar-refractivity contribution in [2.45, 2.75) is 6.42 Å². The van der Waals surface area contributed by atoms with E-state index >= 15 is 0 Å². The van der Waals surface area contributed by atoms with Gasteiger partial charge in [-0.1, -0.05) is 0 Å². The van der Waals surface area contributed by atoms with Crippen molar-refractivity contribution >= 4 is 22.8 Å². The third kappa shape index (κ3) is 1.89. The maximum absolute atomic E-state index is 8.66. The third-order valence-electron chi connectivity index (χ3n) is 2.24. The highest BCUT2D eigenvalue weighted by Gasteiger charge is 2.08. The van der Waals surface area contributed by atoms with Gasteiger partial charge in [0, 0.05) is 20.2 Å². The lowest BCUT2D eigenvalue weighted by atomic mass is 10.4. The van der Waals surface area contributed by atoms with E-state index in [2.05, 4.69) is 20.4 Å². The second-order valence-corrected chi connectivity index (χ2v) is 3.44. The first kappa shape index (κ1) is 10.6. The molecule has 0 aromatic carbocycles. The first-order valence-corrected chi connectivity index (χ1v) is 5.02. The molecule has 0 fully saturated rings. The molecule has 4 N–H and O–H groups in total. The van der Waals surface area contributed by atoms with Crippen LogP contribution in [0.25, 0.3) is 11.0 Å². The average molecular weight is 222 g/mol. The van der Waals surface area contributed by atoms with Crippen molar-refractivity contribution in [1.82, 2.24) is 19.7 Å². The van der Waals surface area contributed by atoms with E-state index < -0.39 is 0 Å². The fourth-order valence-electron chi connectivity index (χ4n) is 1.40. The van der Waals surface area contributed by atoms with Crippen LogP contribution < -0.4 is 11.1 Å². The van der Waals surface area contributed by atoms with Crippen molar-refractivity contribution in [3.63, 3.8) is 0 Å². The molecule has 0 saturated carbocycles. The molecule has 2 heterocycles. The second kappa shape index (κ2) is 4.31. The Hall–Kier alpha value is -1.89. The van der Waals surface area contributed by atoms with Crippen molar-refractivity contribution < 1.29 is 5.11 Å². The zero-order chi connectivity index (χ0) is 11.5. The smallest absolute Gasteiger partial charge is 0.226 e. The molecule has 0 saturated heterocycles. The molecule has 7 nitrogen and oxygen atoms in total. The van der Waals surface area contributed by atoms with Gasteiger partial charge >= 0.3 is 0 Å². The van der Waals surface area contributed by atoms with Crippen LogP contribution in [-0.2, 0) is 7.05 Å². The Morgan fingerprint density at radius 2 is 2.31 bits per heavy atom. The van der Waals surface area contributed by atoms with Crippen LogP contribution in [0.15, 0.2) is 6.20 Å².